The summed E-state index contributed by atoms with van der Waals surface area (Å²) in [5.74, 6) is -0.0784. The number of aromatic nitrogens is 2. The number of pyridine rings is 1. The van der Waals surface area contributed by atoms with Gasteiger partial charge in [-0.15, -0.1) is 0 Å². The molecule has 2 heterocycles. The average molecular weight is 361 g/mol. The van der Waals surface area contributed by atoms with Crippen molar-refractivity contribution in [2.75, 3.05) is 5.32 Å². The van der Waals surface area contributed by atoms with Gasteiger partial charge in [-0.3, -0.25) is 4.79 Å². The van der Waals surface area contributed by atoms with Gasteiger partial charge in [-0.05, 0) is 48.5 Å². The van der Waals surface area contributed by atoms with Crippen molar-refractivity contribution >= 4 is 17.2 Å². The number of nitrogens with one attached hydrogen (secondary N) is 1. The minimum absolute atomic E-state index is 0.312. The van der Waals surface area contributed by atoms with E-state index in [9.17, 15) is 9.18 Å². The molecule has 0 saturated heterocycles. The molecule has 0 bridgehead atoms. The molecule has 2 aromatic heterocycles. The molecule has 0 aliphatic carbocycles. The second-order valence-corrected chi connectivity index (χ2v) is 5.98. The lowest BCUT2D eigenvalue weighted by atomic mass is 10.2. The molecule has 6 heteroatoms. The second-order valence-electron chi connectivity index (χ2n) is 5.98. The summed E-state index contributed by atoms with van der Waals surface area (Å²) < 4.78 is 20.7. The zero-order valence-electron chi connectivity index (χ0n) is 14.3. The Labute approximate surface area is 155 Å². The molecule has 1 amide bonds. The minimum atomic E-state index is -0.381. The summed E-state index contributed by atoms with van der Waals surface area (Å²) in [6.07, 6.45) is 3.84. The van der Waals surface area contributed by atoms with Gasteiger partial charge in [0.05, 0.1) is 5.69 Å². The van der Waals surface area contributed by atoms with Crippen molar-refractivity contribution < 1.29 is 13.9 Å². The number of hydrogen-bond acceptors (Lipinski definition) is 3. The molecule has 0 aliphatic rings. The summed E-state index contributed by atoms with van der Waals surface area (Å²) in [5.41, 5.74) is 2.64. The van der Waals surface area contributed by atoms with E-state index in [2.05, 4.69) is 10.3 Å². The molecule has 5 nitrogen and oxygen atoms in total. The van der Waals surface area contributed by atoms with Crippen LogP contribution in [0.4, 0.5) is 10.1 Å². The van der Waals surface area contributed by atoms with Crippen molar-refractivity contribution in [2.24, 2.45) is 0 Å². The number of amides is 1. The Morgan fingerprint density at radius 1 is 1.07 bits per heavy atom. The maximum Gasteiger partial charge on any atom is 0.255 e. The highest BCUT2D eigenvalue weighted by Crippen LogP contribution is 2.19. The van der Waals surface area contributed by atoms with Gasteiger partial charge in [0.25, 0.3) is 5.91 Å². The van der Waals surface area contributed by atoms with E-state index in [4.69, 9.17) is 4.74 Å². The maximum absolute atomic E-state index is 13.0. The van der Waals surface area contributed by atoms with E-state index in [0.717, 1.165) is 11.3 Å². The first-order valence-corrected chi connectivity index (χ1v) is 8.40. The van der Waals surface area contributed by atoms with Crippen molar-refractivity contribution in [3.05, 3.63) is 96.2 Å². The number of anilines is 1. The van der Waals surface area contributed by atoms with Gasteiger partial charge in [-0.1, -0.05) is 12.1 Å². The van der Waals surface area contributed by atoms with Gasteiger partial charge in [0.2, 0.25) is 0 Å². The Morgan fingerprint density at radius 2 is 1.93 bits per heavy atom. The van der Waals surface area contributed by atoms with Crippen molar-refractivity contribution in [1.82, 2.24) is 9.38 Å². The van der Waals surface area contributed by atoms with E-state index in [1.807, 2.05) is 41.1 Å². The molecule has 4 aromatic rings. The quantitative estimate of drug-likeness (QED) is 0.576. The standard InChI is InChI=1S/C21H16FN3O2/c22-16-9-7-15(8-10-16)21(26)24-17-4-3-5-19(12-17)27-14-18-13-25-11-2-1-6-20(25)23-18/h1-13H,14H2,(H,24,26). The minimum Gasteiger partial charge on any atom is -0.487 e. The molecular weight excluding hydrogens is 345 g/mol. The Balaban J connectivity index is 1.42. The third-order valence-electron chi connectivity index (χ3n) is 4.00. The lowest BCUT2D eigenvalue weighted by molar-refractivity contribution is 0.102. The predicted octanol–water partition coefficient (Wildman–Crippen LogP) is 4.30. The lowest BCUT2D eigenvalue weighted by Crippen LogP contribution is -2.11. The van der Waals surface area contributed by atoms with Crippen molar-refractivity contribution in [3.8, 4) is 5.75 Å². The third kappa shape index (κ3) is 3.95. The van der Waals surface area contributed by atoms with E-state index >= 15 is 0 Å². The van der Waals surface area contributed by atoms with Crippen LogP contribution in [0.1, 0.15) is 16.1 Å². The number of ether oxygens (including phenoxy) is 1. The van der Waals surface area contributed by atoms with Crippen LogP contribution in [0.25, 0.3) is 5.65 Å². The van der Waals surface area contributed by atoms with E-state index in [-0.39, 0.29) is 11.7 Å². The molecule has 1 N–H and O–H groups in total. The van der Waals surface area contributed by atoms with Gasteiger partial charge in [0, 0.05) is 29.7 Å². The van der Waals surface area contributed by atoms with Gasteiger partial charge in [-0.25, -0.2) is 9.37 Å². The number of fused-ring (bicyclic) bond motifs is 1. The number of carbonyl (C=O) groups is 1. The number of rotatable bonds is 5. The molecule has 0 spiro atoms. The highest BCUT2D eigenvalue weighted by molar-refractivity contribution is 6.04. The Bertz CT molecular complexity index is 1060. The molecule has 27 heavy (non-hydrogen) atoms. The number of nitrogens with zero attached hydrogens (tertiary/aromatic N) is 2. The van der Waals surface area contributed by atoms with Gasteiger partial charge in [-0.2, -0.15) is 0 Å². The molecule has 2 aromatic carbocycles. The molecule has 0 unspecified atom stereocenters. The number of halogens is 1. The topological polar surface area (TPSA) is 55.6 Å². The Kier molecular flexibility index (Phi) is 4.53. The number of imidazole rings is 1. The third-order valence-corrected chi connectivity index (χ3v) is 4.00. The Morgan fingerprint density at radius 3 is 2.74 bits per heavy atom. The zero-order valence-corrected chi connectivity index (χ0v) is 14.3. The maximum atomic E-state index is 13.0. The fourth-order valence-corrected chi connectivity index (χ4v) is 2.68. The molecule has 0 fully saturated rings. The molecular formula is C21H16FN3O2. The van der Waals surface area contributed by atoms with E-state index < -0.39 is 0 Å². The van der Waals surface area contributed by atoms with Gasteiger partial charge >= 0.3 is 0 Å². The van der Waals surface area contributed by atoms with Crippen LogP contribution < -0.4 is 10.1 Å². The van der Waals surface area contributed by atoms with E-state index in [1.165, 1.54) is 24.3 Å². The molecule has 4 rings (SSSR count). The van der Waals surface area contributed by atoms with Crippen LogP contribution in [-0.2, 0) is 6.61 Å². The number of benzene rings is 2. The summed E-state index contributed by atoms with van der Waals surface area (Å²) >= 11 is 0. The zero-order chi connectivity index (χ0) is 18.6. The lowest BCUT2D eigenvalue weighted by Gasteiger charge is -2.08. The second kappa shape index (κ2) is 7.29. The SMILES string of the molecule is O=C(Nc1cccc(OCc2cn3ccccc3n2)c1)c1ccc(F)cc1. The fourth-order valence-electron chi connectivity index (χ4n) is 2.68. The van der Waals surface area contributed by atoms with E-state index in [0.29, 0.717) is 23.6 Å². The normalized spacial score (nSPS) is 10.7. The van der Waals surface area contributed by atoms with Crippen LogP contribution in [0.2, 0.25) is 0 Å². The molecule has 0 aliphatic heterocycles. The van der Waals surface area contributed by atoms with Gasteiger partial charge in [0.1, 0.15) is 23.8 Å². The van der Waals surface area contributed by atoms with Crippen LogP contribution in [0.3, 0.4) is 0 Å². The summed E-state index contributed by atoms with van der Waals surface area (Å²) in [6.45, 7) is 0.317. The van der Waals surface area contributed by atoms with Gasteiger partial charge < -0.3 is 14.5 Å². The summed E-state index contributed by atoms with van der Waals surface area (Å²) in [7, 11) is 0. The largest absolute Gasteiger partial charge is 0.487 e. The van der Waals surface area contributed by atoms with Crippen LogP contribution in [0, 0.1) is 5.82 Å². The summed E-state index contributed by atoms with van der Waals surface area (Å²) in [4.78, 5) is 16.7. The van der Waals surface area contributed by atoms with E-state index in [1.54, 1.807) is 18.2 Å². The Hall–Kier alpha value is -3.67. The van der Waals surface area contributed by atoms with Gasteiger partial charge in [0.15, 0.2) is 0 Å². The molecule has 0 radical (unpaired) electrons. The first kappa shape index (κ1) is 16.8. The predicted molar refractivity (Wildman–Crippen MR) is 100 cm³/mol. The smallest absolute Gasteiger partial charge is 0.255 e. The number of carbonyl (C=O) groups excluding carboxylic acids is 1. The van der Waals surface area contributed by atoms with Crippen molar-refractivity contribution in [1.29, 1.82) is 0 Å². The number of hydrogen-bond donors (Lipinski definition) is 1. The van der Waals surface area contributed by atoms with Crippen LogP contribution >= 0.6 is 0 Å². The highest BCUT2D eigenvalue weighted by Gasteiger charge is 2.07. The van der Waals surface area contributed by atoms with Crippen molar-refractivity contribution in [3.63, 3.8) is 0 Å². The van der Waals surface area contributed by atoms with Crippen LogP contribution in [-0.4, -0.2) is 15.3 Å². The summed E-state index contributed by atoms with van der Waals surface area (Å²) in [5, 5.41) is 2.78. The summed E-state index contributed by atoms with van der Waals surface area (Å²) in [6, 6.07) is 18.3. The first-order chi connectivity index (χ1) is 13.2. The van der Waals surface area contributed by atoms with Crippen LogP contribution in [0.5, 0.6) is 5.75 Å². The van der Waals surface area contributed by atoms with Crippen LogP contribution in [0.15, 0.2) is 79.1 Å². The van der Waals surface area contributed by atoms with Crippen molar-refractivity contribution in [2.45, 2.75) is 6.61 Å². The first-order valence-electron chi connectivity index (χ1n) is 8.40. The highest BCUT2D eigenvalue weighted by atomic mass is 19.1. The molecule has 0 atom stereocenters. The fraction of sp³-hybridized carbons (Fsp3) is 0.0476. The molecule has 0 saturated carbocycles. The molecule has 134 valence electrons. The monoisotopic (exact) mass is 361 g/mol. The average Bonchev–Trinajstić information content (AvgIpc) is 3.10.